The van der Waals surface area contributed by atoms with Crippen LogP contribution in [0.25, 0.3) is 0 Å². The second kappa shape index (κ2) is 6.43. The number of aliphatic hydroxyl groups is 1. The Morgan fingerprint density at radius 2 is 1.45 bits per heavy atom. The largest absolute Gasteiger partial charge is 0.393 e. The van der Waals surface area contributed by atoms with E-state index in [2.05, 4.69) is 61.5 Å². The van der Waals surface area contributed by atoms with E-state index in [9.17, 15) is 5.11 Å². The highest BCUT2D eigenvalue weighted by atomic mass is 16.3. The Labute approximate surface area is 192 Å². The third-order valence-corrected chi connectivity index (χ3v) is 13.0. The average Bonchev–Trinajstić information content (AvgIpc) is 2.67. The van der Waals surface area contributed by atoms with Crippen LogP contribution in [0.3, 0.4) is 0 Å². The SMILES string of the molecule is CC1(C)CC[C@]2(C)CC[C@]3(C)C(=CC[C@@H]4[C@@]5(C)CC[C@H](O)C(C)(C)[C@H]5CC[C@]43C)[C@H]2C1. The Balaban J connectivity index is 1.57. The predicted octanol–water partition coefficient (Wildman–Crippen LogP) is 8.17. The molecular weight excluding hydrogens is 376 g/mol. The molecule has 0 spiro atoms. The fraction of sp³-hybridized carbons (Fsp3) is 0.933. The zero-order valence-electron chi connectivity index (χ0n) is 21.9. The molecule has 4 fully saturated rings. The number of hydrogen-bond acceptors (Lipinski definition) is 1. The number of hydrogen-bond donors (Lipinski definition) is 1. The number of fused-ring (bicyclic) bond motifs is 7. The van der Waals surface area contributed by atoms with Gasteiger partial charge >= 0.3 is 0 Å². The molecule has 176 valence electrons. The Kier molecular flexibility index (Phi) is 4.66. The summed E-state index contributed by atoms with van der Waals surface area (Å²) in [6, 6.07) is 0. The number of aliphatic hydroxyl groups excluding tert-OH is 1. The lowest BCUT2D eigenvalue weighted by Crippen LogP contribution is -2.64. The van der Waals surface area contributed by atoms with E-state index >= 15 is 0 Å². The molecule has 0 heterocycles. The fourth-order valence-electron chi connectivity index (χ4n) is 10.5. The van der Waals surface area contributed by atoms with Gasteiger partial charge in [0, 0.05) is 0 Å². The van der Waals surface area contributed by atoms with Crippen molar-refractivity contribution < 1.29 is 5.11 Å². The lowest BCUT2D eigenvalue weighted by Gasteiger charge is -2.71. The van der Waals surface area contributed by atoms with E-state index in [4.69, 9.17) is 0 Å². The van der Waals surface area contributed by atoms with Crippen LogP contribution in [0.1, 0.15) is 120 Å². The summed E-state index contributed by atoms with van der Waals surface area (Å²) < 4.78 is 0. The smallest absolute Gasteiger partial charge is 0.0594 e. The second-order valence-electron chi connectivity index (χ2n) is 15.2. The predicted molar refractivity (Wildman–Crippen MR) is 131 cm³/mol. The average molecular weight is 427 g/mol. The molecule has 8 atom stereocenters. The molecule has 0 unspecified atom stereocenters. The van der Waals surface area contributed by atoms with Gasteiger partial charge in [0.05, 0.1) is 6.10 Å². The minimum absolute atomic E-state index is 0.0533. The minimum Gasteiger partial charge on any atom is -0.393 e. The minimum atomic E-state index is -0.125. The quantitative estimate of drug-likeness (QED) is 0.387. The van der Waals surface area contributed by atoms with Crippen LogP contribution in [0.5, 0.6) is 0 Å². The summed E-state index contributed by atoms with van der Waals surface area (Å²) in [4.78, 5) is 0. The molecule has 0 radical (unpaired) electrons. The molecule has 1 heteroatoms. The molecule has 0 saturated heterocycles. The van der Waals surface area contributed by atoms with Gasteiger partial charge in [0.2, 0.25) is 0 Å². The van der Waals surface area contributed by atoms with E-state index in [0.29, 0.717) is 33.0 Å². The summed E-state index contributed by atoms with van der Waals surface area (Å²) in [6.45, 7) is 20.4. The molecule has 0 aromatic rings. The second-order valence-corrected chi connectivity index (χ2v) is 15.2. The Hall–Kier alpha value is -0.300. The van der Waals surface area contributed by atoms with Gasteiger partial charge in [-0.25, -0.2) is 0 Å². The molecule has 4 saturated carbocycles. The molecular formula is C30H50O. The Morgan fingerprint density at radius 3 is 2.16 bits per heavy atom. The van der Waals surface area contributed by atoms with Crippen molar-refractivity contribution in [3.63, 3.8) is 0 Å². The van der Waals surface area contributed by atoms with E-state index in [-0.39, 0.29) is 11.5 Å². The zero-order chi connectivity index (χ0) is 22.7. The van der Waals surface area contributed by atoms with Crippen molar-refractivity contribution in [1.82, 2.24) is 0 Å². The molecule has 1 N–H and O–H groups in total. The van der Waals surface area contributed by atoms with E-state index in [0.717, 1.165) is 18.3 Å². The molecule has 5 aliphatic carbocycles. The normalized spacial score (nSPS) is 55.2. The van der Waals surface area contributed by atoms with Crippen LogP contribution in [0.4, 0.5) is 0 Å². The highest BCUT2D eigenvalue weighted by Crippen LogP contribution is 2.75. The van der Waals surface area contributed by atoms with Gasteiger partial charge < -0.3 is 5.11 Å². The molecule has 0 aromatic carbocycles. The first-order valence-corrected chi connectivity index (χ1v) is 13.6. The molecule has 0 bridgehead atoms. The summed E-state index contributed by atoms with van der Waals surface area (Å²) in [7, 11) is 0. The van der Waals surface area contributed by atoms with Gasteiger partial charge in [-0.05, 0) is 114 Å². The molecule has 5 rings (SSSR count). The van der Waals surface area contributed by atoms with Gasteiger partial charge in [0.1, 0.15) is 0 Å². The fourth-order valence-corrected chi connectivity index (χ4v) is 10.5. The molecule has 0 amide bonds. The van der Waals surface area contributed by atoms with Gasteiger partial charge in [-0.1, -0.05) is 67.0 Å². The Morgan fingerprint density at radius 1 is 0.774 bits per heavy atom. The number of allylic oxidation sites excluding steroid dienone is 2. The third-order valence-electron chi connectivity index (χ3n) is 13.0. The Bertz CT molecular complexity index is 790. The highest BCUT2D eigenvalue weighted by Gasteiger charge is 2.67. The highest BCUT2D eigenvalue weighted by molar-refractivity contribution is 5.33. The maximum absolute atomic E-state index is 10.9. The molecule has 0 aliphatic heterocycles. The summed E-state index contributed by atoms with van der Waals surface area (Å²) in [5.74, 6) is 2.21. The maximum Gasteiger partial charge on any atom is 0.0594 e. The van der Waals surface area contributed by atoms with Crippen molar-refractivity contribution in [3.05, 3.63) is 11.6 Å². The molecule has 1 nitrogen and oxygen atoms in total. The van der Waals surface area contributed by atoms with Crippen molar-refractivity contribution in [1.29, 1.82) is 0 Å². The van der Waals surface area contributed by atoms with Crippen molar-refractivity contribution >= 4 is 0 Å². The van der Waals surface area contributed by atoms with E-state index in [1.165, 1.54) is 57.8 Å². The first-order chi connectivity index (χ1) is 14.2. The molecule has 0 aromatic heterocycles. The van der Waals surface area contributed by atoms with E-state index in [1.54, 1.807) is 0 Å². The van der Waals surface area contributed by atoms with E-state index < -0.39 is 0 Å². The third kappa shape index (κ3) is 2.77. The van der Waals surface area contributed by atoms with Crippen LogP contribution in [0.2, 0.25) is 0 Å². The van der Waals surface area contributed by atoms with Crippen molar-refractivity contribution in [2.45, 2.75) is 126 Å². The monoisotopic (exact) mass is 426 g/mol. The van der Waals surface area contributed by atoms with Gasteiger partial charge in [-0.3, -0.25) is 0 Å². The first kappa shape index (κ1) is 22.5. The lowest BCUT2D eigenvalue weighted by molar-refractivity contribution is -0.202. The topological polar surface area (TPSA) is 20.2 Å². The van der Waals surface area contributed by atoms with Crippen LogP contribution in [0, 0.1) is 50.2 Å². The van der Waals surface area contributed by atoms with Crippen LogP contribution >= 0.6 is 0 Å². The van der Waals surface area contributed by atoms with E-state index in [1.807, 2.05) is 5.57 Å². The first-order valence-electron chi connectivity index (χ1n) is 13.6. The number of rotatable bonds is 0. The van der Waals surface area contributed by atoms with Crippen LogP contribution in [-0.2, 0) is 0 Å². The molecule has 31 heavy (non-hydrogen) atoms. The standard InChI is InChI=1S/C30H50O/c1-25(2)15-16-27(5)17-18-29(7)20(21(27)19-25)9-10-23-28(6)13-12-24(31)26(3,4)22(28)11-14-30(23,29)8/h9,21-24,31H,10-19H2,1-8H3/t21-,22-,23-,24+,27-,28+,29-,30-/m1/s1. The van der Waals surface area contributed by atoms with Crippen molar-refractivity contribution in [2.75, 3.05) is 0 Å². The summed E-state index contributed by atoms with van der Waals surface area (Å²) >= 11 is 0. The van der Waals surface area contributed by atoms with Crippen LogP contribution in [0.15, 0.2) is 11.6 Å². The zero-order valence-corrected chi connectivity index (χ0v) is 21.9. The van der Waals surface area contributed by atoms with Gasteiger partial charge in [0.25, 0.3) is 0 Å². The van der Waals surface area contributed by atoms with Crippen molar-refractivity contribution in [2.24, 2.45) is 50.2 Å². The summed E-state index contributed by atoms with van der Waals surface area (Å²) in [6.07, 6.45) is 15.9. The summed E-state index contributed by atoms with van der Waals surface area (Å²) in [5, 5.41) is 10.9. The van der Waals surface area contributed by atoms with Crippen molar-refractivity contribution in [3.8, 4) is 0 Å². The lowest BCUT2D eigenvalue weighted by atomic mass is 9.33. The van der Waals surface area contributed by atoms with Gasteiger partial charge in [0.15, 0.2) is 0 Å². The van der Waals surface area contributed by atoms with Crippen LogP contribution < -0.4 is 0 Å². The molecule has 5 aliphatic rings. The maximum atomic E-state index is 10.9. The van der Waals surface area contributed by atoms with Crippen LogP contribution in [-0.4, -0.2) is 11.2 Å². The van der Waals surface area contributed by atoms with Gasteiger partial charge in [-0.15, -0.1) is 0 Å². The summed E-state index contributed by atoms with van der Waals surface area (Å²) in [5.41, 5.74) is 4.09. The van der Waals surface area contributed by atoms with Gasteiger partial charge in [-0.2, -0.15) is 0 Å².